The summed E-state index contributed by atoms with van der Waals surface area (Å²) >= 11 is 3.50. The van der Waals surface area contributed by atoms with E-state index in [1.165, 1.54) is 16.7 Å². The van der Waals surface area contributed by atoms with Gasteiger partial charge in [0.1, 0.15) is 0 Å². The van der Waals surface area contributed by atoms with E-state index in [0.29, 0.717) is 0 Å². The van der Waals surface area contributed by atoms with Crippen molar-refractivity contribution < 1.29 is 0 Å². The second-order valence-corrected chi connectivity index (χ2v) is 5.85. The van der Waals surface area contributed by atoms with Gasteiger partial charge < -0.3 is 5.73 Å². The molecular weight excluding hydrogens is 300 g/mol. The van der Waals surface area contributed by atoms with E-state index < -0.39 is 0 Å². The highest BCUT2D eigenvalue weighted by atomic mass is 79.9. The molecular formula is C16H19BrN2. The highest BCUT2D eigenvalue weighted by Gasteiger charge is 2.06. The van der Waals surface area contributed by atoms with Crippen molar-refractivity contribution in [1.82, 2.24) is 4.90 Å². The van der Waals surface area contributed by atoms with Gasteiger partial charge in [-0.05, 0) is 48.9 Å². The van der Waals surface area contributed by atoms with Crippen LogP contribution in [-0.2, 0) is 13.1 Å². The minimum Gasteiger partial charge on any atom is -0.399 e. The maximum Gasteiger partial charge on any atom is 0.0346 e. The van der Waals surface area contributed by atoms with Crippen molar-refractivity contribution in [3.63, 3.8) is 0 Å². The SMILES string of the molecule is Cc1c(N)cccc1CN(C)Cc1cccc(Br)c1. The Balaban J connectivity index is 2.05. The molecule has 100 valence electrons. The lowest BCUT2D eigenvalue weighted by Crippen LogP contribution is -2.18. The molecule has 3 heteroatoms. The fraction of sp³-hybridized carbons (Fsp3) is 0.250. The third-order valence-electron chi connectivity index (χ3n) is 3.27. The Bertz CT molecular complexity index is 566. The largest absolute Gasteiger partial charge is 0.399 e. The van der Waals surface area contributed by atoms with Crippen LogP contribution in [0.3, 0.4) is 0 Å². The maximum absolute atomic E-state index is 5.94. The third kappa shape index (κ3) is 3.82. The molecule has 0 fully saturated rings. The molecule has 2 nitrogen and oxygen atoms in total. The molecule has 0 aliphatic heterocycles. The molecule has 2 aromatic carbocycles. The number of hydrogen-bond acceptors (Lipinski definition) is 2. The van der Waals surface area contributed by atoms with Gasteiger partial charge in [-0.15, -0.1) is 0 Å². The number of hydrogen-bond donors (Lipinski definition) is 1. The zero-order valence-corrected chi connectivity index (χ0v) is 12.9. The van der Waals surface area contributed by atoms with Gasteiger partial charge in [0.25, 0.3) is 0 Å². The zero-order valence-electron chi connectivity index (χ0n) is 11.4. The molecule has 0 aliphatic rings. The van der Waals surface area contributed by atoms with Crippen molar-refractivity contribution in [2.75, 3.05) is 12.8 Å². The molecule has 2 rings (SSSR count). The van der Waals surface area contributed by atoms with Crippen LogP contribution in [0.2, 0.25) is 0 Å². The molecule has 0 radical (unpaired) electrons. The lowest BCUT2D eigenvalue weighted by atomic mass is 10.1. The molecule has 0 atom stereocenters. The fourth-order valence-corrected chi connectivity index (χ4v) is 2.61. The minimum atomic E-state index is 0.869. The first kappa shape index (κ1) is 14.1. The standard InChI is InChI=1S/C16H19BrN2/c1-12-14(6-4-8-16(12)18)11-19(2)10-13-5-3-7-15(17)9-13/h3-9H,10-11,18H2,1-2H3. The van der Waals surface area contributed by atoms with Crippen molar-refractivity contribution in [2.45, 2.75) is 20.0 Å². The van der Waals surface area contributed by atoms with E-state index in [1.54, 1.807) is 0 Å². The smallest absolute Gasteiger partial charge is 0.0346 e. The number of anilines is 1. The van der Waals surface area contributed by atoms with Gasteiger partial charge in [0.2, 0.25) is 0 Å². The third-order valence-corrected chi connectivity index (χ3v) is 3.76. The van der Waals surface area contributed by atoms with Crippen LogP contribution in [0.5, 0.6) is 0 Å². The predicted molar refractivity (Wildman–Crippen MR) is 84.9 cm³/mol. The first-order valence-corrected chi connectivity index (χ1v) is 7.12. The zero-order chi connectivity index (χ0) is 13.8. The Morgan fingerprint density at radius 1 is 1.11 bits per heavy atom. The number of nitrogens with zero attached hydrogens (tertiary/aromatic N) is 1. The maximum atomic E-state index is 5.94. The Labute approximate surface area is 123 Å². The molecule has 0 bridgehead atoms. The molecule has 0 aromatic heterocycles. The van der Waals surface area contributed by atoms with Crippen LogP contribution in [0.25, 0.3) is 0 Å². The van der Waals surface area contributed by atoms with E-state index in [9.17, 15) is 0 Å². The van der Waals surface area contributed by atoms with Crippen molar-refractivity contribution in [3.8, 4) is 0 Å². The molecule has 0 amide bonds. The first-order valence-electron chi connectivity index (χ1n) is 6.33. The number of halogens is 1. The summed E-state index contributed by atoms with van der Waals surface area (Å²) in [5.74, 6) is 0. The normalized spacial score (nSPS) is 10.9. The average molecular weight is 319 g/mol. The lowest BCUT2D eigenvalue weighted by Gasteiger charge is -2.19. The van der Waals surface area contributed by atoms with E-state index >= 15 is 0 Å². The number of nitrogen functional groups attached to an aromatic ring is 1. The van der Waals surface area contributed by atoms with Crippen LogP contribution in [-0.4, -0.2) is 11.9 Å². The highest BCUT2D eigenvalue weighted by Crippen LogP contribution is 2.18. The quantitative estimate of drug-likeness (QED) is 0.864. The van der Waals surface area contributed by atoms with Crippen molar-refractivity contribution in [3.05, 3.63) is 63.6 Å². The van der Waals surface area contributed by atoms with Gasteiger partial charge >= 0.3 is 0 Å². The molecule has 0 spiro atoms. The Kier molecular flexibility index (Phi) is 4.61. The minimum absolute atomic E-state index is 0.869. The van der Waals surface area contributed by atoms with Gasteiger partial charge in [-0.2, -0.15) is 0 Å². The van der Waals surface area contributed by atoms with Crippen molar-refractivity contribution >= 4 is 21.6 Å². The van der Waals surface area contributed by atoms with Crippen molar-refractivity contribution in [2.24, 2.45) is 0 Å². The summed E-state index contributed by atoms with van der Waals surface area (Å²) in [5.41, 5.74) is 10.6. The second-order valence-electron chi connectivity index (χ2n) is 4.93. The molecule has 0 saturated carbocycles. The molecule has 0 heterocycles. The number of nitrogens with two attached hydrogens (primary N) is 1. The van der Waals surface area contributed by atoms with Crippen LogP contribution in [0.15, 0.2) is 46.9 Å². The van der Waals surface area contributed by atoms with Gasteiger partial charge in [-0.25, -0.2) is 0 Å². The van der Waals surface area contributed by atoms with E-state index in [4.69, 9.17) is 5.73 Å². The van der Waals surface area contributed by atoms with Gasteiger partial charge in [-0.1, -0.05) is 40.2 Å². The molecule has 2 N–H and O–H groups in total. The summed E-state index contributed by atoms with van der Waals surface area (Å²) in [6.45, 7) is 3.91. The van der Waals surface area contributed by atoms with Crippen LogP contribution in [0, 0.1) is 6.92 Å². The predicted octanol–water partition coefficient (Wildman–Crippen LogP) is 3.97. The topological polar surface area (TPSA) is 29.3 Å². The molecule has 19 heavy (non-hydrogen) atoms. The molecule has 0 unspecified atom stereocenters. The van der Waals surface area contributed by atoms with E-state index in [-0.39, 0.29) is 0 Å². The summed E-state index contributed by atoms with van der Waals surface area (Å²) in [6, 6.07) is 14.5. The lowest BCUT2D eigenvalue weighted by molar-refractivity contribution is 0.318. The molecule has 0 aliphatic carbocycles. The molecule has 0 saturated heterocycles. The van der Waals surface area contributed by atoms with Crippen LogP contribution in [0.4, 0.5) is 5.69 Å². The molecule has 2 aromatic rings. The average Bonchev–Trinajstić information content (AvgIpc) is 2.35. The van der Waals surface area contributed by atoms with Crippen LogP contribution < -0.4 is 5.73 Å². The fourth-order valence-electron chi connectivity index (χ4n) is 2.17. The summed E-state index contributed by atoms with van der Waals surface area (Å²) < 4.78 is 1.12. The summed E-state index contributed by atoms with van der Waals surface area (Å²) in [4.78, 5) is 2.30. The summed E-state index contributed by atoms with van der Waals surface area (Å²) in [6.07, 6.45) is 0. The second kappa shape index (κ2) is 6.22. The van der Waals surface area contributed by atoms with Gasteiger partial charge in [-0.3, -0.25) is 4.90 Å². The summed E-state index contributed by atoms with van der Waals surface area (Å²) in [7, 11) is 2.13. The first-order chi connectivity index (χ1) is 9.06. The van der Waals surface area contributed by atoms with Crippen LogP contribution in [0.1, 0.15) is 16.7 Å². The highest BCUT2D eigenvalue weighted by molar-refractivity contribution is 9.10. The number of rotatable bonds is 4. The summed E-state index contributed by atoms with van der Waals surface area (Å²) in [5, 5.41) is 0. The monoisotopic (exact) mass is 318 g/mol. The van der Waals surface area contributed by atoms with Gasteiger partial charge in [0, 0.05) is 23.2 Å². The van der Waals surface area contributed by atoms with E-state index in [0.717, 1.165) is 23.2 Å². The van der Waals surface area contributed by atoms with Crippen molar-refractivity contribution in [1.29, 1.82) is 0 Å². The number of benzene rings is 2. The van der Waals surface area contributed by atoms with E-state index in [1.807, 2.05) is 18.2 Å². The van der Waals surface area contributed by atoms with E-state index in [2.05, 4.69) is 59.1 Å². The Morgan fingerprint density at radius 3 is 2.58 bits per heavy atom. The Morgan fingerprint density at radius 2 is 1.84 bits per heavy atom. The Hall–Kier alpha value is -1.32. The van der Waals surface area contributed by atoms with Crippen LogP contribution >= 0.6 is 15.9 Å². The van der Waals surface area contributed by atoms with Gasteiger partial charge in [0.15, 0.2) is 0 Å². The van der Waals surface area contributed by atoms with Gasteiger partial charge in [0.05, 0.1) is 0 Å².